The highest BCUT2D eigenvalue weighted by atomic mass is 16.5. The number of carbonyl (C=O) groups excluding carboxylic acids is 1. The fourth-order valence-corrected chi connectivity index (χ4v) is 3.51. The minimum Gasteiger partial charge on any atom is -0.493 e. The van der Waals surface area contributed by atoms with Gasteiger partial charge < -0.3 is 25.0 Å². The number of aliphatic imine (C=N–C) groups is 1. The van der Waals surface area contributed by atoms with E-state index in [0.29, 0.717) is 37.0 Å². The van der Waals surface area contributed by atoms with E-state index in [9.17, 15) is 4.79 Å². The summed E-state index contributed by atoms with van der Waals surface area (Å²) in [4.78, 5) is 18.7. The summed E-state index contributed by atoms with van der Waals surface area (Å²) in [6.45, 7) is 2.72. The second-order valence-corrected chi connectivity index (χ2v) is 7.16. The molecule has 0 aliphatic carbocycles. The molecule has 2 N–H and O–H groups in total. The highest BCUT2D eigenvalue weighted by Crippen LogP contribution is 2.27. The van der Waals surface area contributed by atoms with Crippen LogP contribution in [0.5, 0.6) is 11.5 Å². The number of ether oxygens (including phenoxy) is 2. The quantitative estimate of drug-likeness (QED) is 0.398. The van der Waals surface area contributed by atoms with E-state index in [0.717, 1.165) is 25.1 Å². The smallest absolute Gasteiger partial charge is 0.223 e. The molecule has 0 bridgehead atoms. The normalized spacial score (nSPS) is 13.0. The Morgan fingerprint density at radius 1 is 1.03 bits per heavy atom. The van der Waals surface area contributed by atoms with Gasteiger partial charge in [-0.15, -0.1) is 0 Å². The Morgan fingerprint density at radius 2 is 1.73 bits per heavy atom. The Balaban J connectivity index is 1.38. The van der Waals surface area contributed by atoms with Crippen molar-refractivity contribution in [1.29, 1.82) is 0 Å². The fraction of sp³-hybridized carbons (Fsp3) is 0.391. The van der Waals surface area contributed by atoms with E-state index in [1.807, 2.05) is 35.2 Å². The van der Waals surface area contributed by atoms with Crippen molar-refractivity contribution in [2.75, 3.05) is 27.8 Å². The van der Waals surface area contributed by atoms with Gasteiger partial charge in [-0.05, 0) is 35.2 Å². The van der Waals surface area contributed by atoms with Crippen LogP contribution >= 0.6 is 0 Å². The van der Waals surface area contributed by atoms with Crippen LogP contribution < -0.4 is 20.1 Å². The number of fused-ring (bicyclic) bond motifs is 1. The average Bonchev–Trinajstić information content (AvgIpc) is 3.22. The number of rotatable bonds is 8. The molecule has 0 radical (unpaired) electrons. The number of hydrogen-bond acceptors (Lipinski definition) is 4. The first kappa shape index (κ1) is 21.5. The molecule has 0 aromatic heterocycles. The number of nitrogens with one attached hydrogen (secondary N) is 2. The van der Waals surface area contributed by atoms with Gasteiger partial charge in [0.2, 0.25) is 5.91 Å². The topological polar surface area (TPSA) is 75.2 Å². The first-order valence-electron chi connectivity index (χ1n) is 10.1. The molecule has 0 saturated carbocycles. The highest BCUT2D eigenvalue weighted by Gasteiger charge is 2.22. The van der Waals surface area contributed by atoms with Crippen molar-refractivity contribution in [3.63, 3.8) is 0 Å². The van der Waals surface area contributed by atoms with Crippen molar-refractivity contribution < 1.29 is 14.3 Å². The van der Waals surface area contributed by atoms with Crippen LogP contribution in [0.4, 0.5) is 0 Å². The second kappa shape index (κ2) is 10.5. The highest BCUT2D eigenvalue weighted by molar-refractivity contribution is 5.80. The van der Waals surface area contributed by atoms with Crippen LogP contribution in [0.1, 0.15) is 29.5 Å². The van der Waals surface area contributed by atoms with Crippen LogP contribution in [0.3, 0.4) is 0 Å². The maximum Gasteiger partial charge on any atom is 0.223 e. The molecule has 2 aromatic rings. The summed E-state index contributed by atoms with van der Waals surface area (Å²) in [6.07, 6.45) is 1.27. The summed E-state index contributed by atoms with van der Waals surface area (Å²) < 4.78 is 10.6. The lowest BCUT2D eigenvalue weighted by Crippen LogP contribution is -2.37. The molecular formula is C23H30N4O3. The molecule has 7 heteroatoms. The molecule has 0 unspecified atom stereocenters. The van der Waals surface area contributed by atoms with Gasteiger partial charge in [0.15, 0.2) is 17.5 Å². The number of guanidine groups is 1. The van der Waals surface area contributed by atoms with E-state index < -0.39 is 0 Å². The van der Waals surface area contributed by atoms with E-state index in [4.69, 9.17) is 9.47 Å². The minimum atomic E-state index is 0.196. The zero-order valence-electron chi connectivity index (χ0n) is 17.9. The van der Waals surface area contributed by atoms with Gasteiger partial charge in [-0.25, -0.2) is 0 Å². The summed E-state index contributed by atoms with van der Waals surface area (Å²) in [5.41, 5.74) is 3.56. The van der Waals surface area contributed by atoms with Gasteiger partial charge in [-0.3, -0.25) is 9.79 Å². The number of methoxy groups -OCH3 is 2. The fourth-order valence-electron chi connectivity index (χ4n) is 3.51. The van der Waals surface area contributed by atoms with E-state index in [1.165, 1.54) is 11.1 Å². The first-order chi connectivity index (χ1) is 14.6. The van der Waals surface area contributed by atoms with Crippen molar-refractivity contribution in [2.45, 2.75) is 32.5 Å². The molecule has 0 spiro atoms. The molecule has 0 saturated heterocycles. The number of hydrogen-bond donors (Lipinski definition) is 2. The number of benzene rings is 2. The predicted molar refractivity (Wildman–Crippen MR) is 118 cm³/mol. The van der Waals surface area contributed by atoms with E-state index >= 15 is 0 Å². The summed E-state index contributed by atoms with van der Waals surface area (Å²) in [6, 6.07) is 14.0. The van der Waals surface area contributed by atoms with Gasteiger partial charge in [0.25, 0.3) is 0 Å². The van der Waals surface area contributed by atoms with Gasteiger partial charge in [0.1, 0.15) is 0 Å². The third-order valence-electron chi connectivity index (χ3n) is 5.18. The molecule has 3 rings (SSSR count). The zero-order valence-corrected chi connectivity index (χ0v) is 17.9. The predicted octanol–water partition coefficient (Wildman–Crippen LogP) is 2.69. The number of amides is 1. The molecule has 30 heavy (non-hydrogen) atoms. The molecule has 1 aliphatic rings. The Hall–Kier alpha value is -3.22. The van der Waals surface area contributed by atoms with Crippen molar-refractivity contribution >= 4 is 11.9 Å². The summed E-state index contributed by atoms with van der Waals surface area (Å²) in [5, 5.41) is 6.54. The van der Waals surface area contributed by atoms with Gasteiger partial charge in [0.05, 0.1) is 14.2 Å². The Morgan fingerprint density at radius 3 is 2.37 bits per heavy atom. The van der Waals surface area contributed by atoms with E-state index in [2.05, 4.69) is 27.8 Å². The Kier molecular flexibility index (Phi) is 7.54. The molecule has 7 nitrogen and oxygen atoms in total. The largest absolute Gasteiger partial charge is 0.493 e. The van der Waals surface area contributed by atoms with Gasteiger partial charge in [-0.1, -0.05) is 30.3 Å². The van der Waals surface area contributed by atoms with Crippen LogP contribution in [-0.4, -0.2) is 44.6 Å². The lowest BCUT2D eigenvalue weighted by Gasteiger charge is -2.16. The molecule has 2 aromatic carbocycles. The standard InChI is InChI=1S/C23H30N4O3/c1-24-23(26-14-17-10-11-20(29-2)21(13-17)30-3)25-12-6-9-22(28)27-15-18-7-4-5-8-19(18)16-27/h4-5,7-8,10-11,13H,6,9,12,14-16H2,1-3H3,(H2,24,25,26). The molecule has 0 atom stereocenters. The third kappa shape index (κ3) is 5.43. The molecule has 1 aliphatic heterocycles. The van der Waals surface area contributed by atoms with Crippen LogP contribution in [0.2, 0.25) is 0 Å². The van der Waals surface area contributed by atoms with Gasteiger partial charge >= 0.3 is 0 Å². The third-order valence-corrected chi connectivity index (χ3v) is 5.18. The molecule has 0 fully saturated rings. The first-order valence-corrected chi connectivity index (χ1v) is 10.1. The summed E-state index contributed by atoms with van der Waals surface area (Å²) in [7, 11) is 4.98. The van der Waals surface area contributed by atoms with E-state index in [-0.39, 0.29) is 5.91 Å². The molecular weight excluding hydrogens is 380 g/mol. The van der Waals surface area contributed by atoms with Crippen LogP contribution in [-0.2, 0) is 24.4 Å². The van der Waals surface area contributed by atoms with Crippen molar-refractivity contribution in [3.05, 3.63) is 59.2 Å². The molecule has 1 heterocycles. The maximum absolute atomic E-state index is 12.5. The van der Waals surface area contributed by atoms with Crippen LogP contribution in [0, 0.1) is 0 Å². The number of carbonyl (C=O) groups is 1. The molecule has 1 amide bonds. The van der Waals surface area contributed by atoms with Crippen molar-refractivity contribution in [2.24, 2.45) is 4.99 Å². The van der Waals surface area contributed by atoms with Crippen molar-refractivity contribution in [3.8, 4) is 11.5 Å². The van der Waals surface area contributed by atoms with Crippen LogP contribution in [0.15, 0.2) is 47.5 Å². The van der Waals surface area contributed by atoms with Gasteiger partial charge in [-0.2, -0.15) is 0 Å². The minimum absolute atomic E-state index is 0.196. The summed E-state index contributed by atoms with van der Waals surface area (Å²) in [5.74, 6) is 2.30. The van der Waals surface area contributed by atoms with Crippen LogP contribution in [0.25, 0.3) is 0 Å². The molecule has 160 valence electrons. The van der Waals surface area contributed by atoms with Gasteiger partial charge in [0, 0.05) is 39.6 Å². The zero-order chi connectivity index (χ0) is 21.3. The Labute approximate surface area is 178 Å². The summed E-state index contributed by atoms with van der Waals surface area (Å²) >= 11 is 0. The lowest BCUT2D eigenvalue weighted by molar-refractivity contribution is -0.131. The SMILES string of the molecule is CN=C(NCCCC(=O)N1Cc2ccccc2C1)NCc1ccc(OC)c(OC)c1. The van der Waals surface area contributed by atoms with E-state index in [1.54, 1.807) is 21.3 Å². The number of nitrogens with zero attached hydrogens (tertiary/aromatic N) is 2. The monoisotopic (exact) mass is 410 g/mol. The average molecular weight is 411 g/mol. The Bertz CT molecular complexity index is 873. The maximum atomic E-state index is 12.5. The lowest BCUT2D eigenvalue weighted by atomic mass is 10.1. The second-order valence-electron chi connectivity index (χ2n) is 7.16. The van der Waals surface area contributed by atoms with Crippen molar-refractivity contribution in [1.82, 2.24) is 15.5 Å².